The molecule has 0 radical (unpaired) electrons. The third-order valence-corrected chi connectivity index (χ3v) is 4.54. The van der Waals surface area contributed by atoms with E-state index in [4.69, 9.17) is 27.9 Å². The van der Waals surface area contributed by atoms with Gasteiger partial charge in [-0.15, -0.1) is 0 Å². The molecular weight excluding hydrogens is 350 g/mol. The zero-order valence-electron chi connectivity index (χ0n) is 13.3. The standard InChI is InChI=1S/C18H17Cl2FN2O/c1-3-24-18(17(20)21)22-16(12-7-5-4-6-8-12)14-11-13(19)9-10-15(14)23(18)2/h4-11,17H,3H2,1-2H3. The van der Waals surface area contributed by atoms with Gasteiger partial charge in [0.15, 0.2) is 0 Å². The van der Waals surface area contributed by atoms with E-state index in [9.17, 15) is 4.39 Å². The van der Waals surface area contributed by atoms with Crippen molar-refractivity contribution in [3.63, 3.8) is 0 Å². The highest BCUT2D eigenvalue weighted by molar-refractivity contribution is 6.31. The van der Waals surface area contributed by atoms with Crippen molar-refractivity contribution in [1.29, 1.82) is 0 Å². The molecule has 0 N–H and O–H groups in total. The largest absolute Gasteiger partial charge is 0.334 e. The molecule has 2 aromatic carbocycles. The Morgan fingerprint density at radius 1 is 1.25 bits per heavy atom. The highest BCUT2D eigenvalue weighted by Crippen LogP contribution is 2.40. The second-order valence-electron chi connectivity index (χ2n) is 5.44. The van der Waals surface area contributed by atoms with Crippen LogP contribution in [-0.4, -0.2) is 30.8 Å². The smallest absolute Gasteiger partial charge is 0.287 e. The molecule has 0 fully saturated rings. The summed E-state index contributed by atoms with van der Waals surface area (Å²) in [6.07, 6.45) is 0. The topological polar surface area (TPSA) is 24.8 Å². The molecule has 3 rings (SSSR count). The van der Waals surface area contributed by atoms with Crippen LogP contribution in [0.3, 0.4) is 0 Å². The van der Waals surface area contributed by atoms with Crippen LogP contribution in [0.15, 0.2) is 53.5 Å². The molecule has 3 nitrogen and oxygen atoms in total. The number of aliphatic imine (C=N–C) groups is 1. The number of ether oxygens (including phenoxy) is 1. The predicted octanol–water partition coefficient (Wildman–Crippen LogP) is 4.85. The molecule has 2 aromatic rings. The molecule has 0 spiro atoms. The van der Waals surface area contributed by atoms with Crippen molar-refractivity contribution in [2.75, 3.05) is 18.6 Å². The fourth-order valence-electron chi connectivity index (χ4n) is 2.87. The van der Waals surface area contributed by atoms with E-state index < -0.39 is 11.5 Å². The van der Waals surface area contributed by atoms with Gasteiger partial charge in [-0.25, -0.2) is 9.38 Å². The Labute approximate surface area is 150 Å². The van der Waals surface area contributed by atoms with Crippen molar-refractivity contribution in [2.24, 2.45) is 4.99 Å². The molecule has 24 heavy (non-hydrogen) atoms. The Kier molecular flexibility index (Phi) is 4.81. The lowest BCUT2D eigenvalue weighted by atomic mass is 9.97. The summed E-state index contributed by atoms with van der Waals surface area (Å²) in [5.41, 5.74) is 1.16. The number of anilines is 1. The molecule has 0 saturated heterocycles. The maximum Gasteiger partial charge on any atom is 0.287 e. The number of hydrogen-bond acceptors (Lipinski definition) is 3. The van der Waals surface area contributed by atoms with E-state index in [1.54, 1.807) is 24.9 Å². The van der Waals surface area contributed by atoms with Crippen LogP contribution >= 0.6 is 23.2 Å². The van der Waals surface area contributed by atoms with Crippen LogP contribution in [0.4, 0.5) is 10.1 Å². The normalized spacial score (nSPS) is 21.2. The summed E-state index contributed by atoms with van der Waals surface area (Å²) in [7, 11) is 1.71. The van der Waals surface area contributed by atoms with Gasteiger partial charge < -0.3 is 9.64 Å². The summed E-state index contributed by atoms with van der Waals surface area (Å²) < 4.78 is 20.1. The second kappa shape index (κ2) is 6.71. The molecule has 6 heteroatoms. The molecule has 0 aromatic heterocycles. The molecule has 1 aliphatic heterocycles. The number of benzene rings is 2. The van der Waals surface area contributed by atoms with Crippen LogP contribution in [-0.2, 0) is 4.74 Å². The first-order valence-electron chi connectivity index (χ1n) is 7.60. The lowest BCUT2D eigenvalue weighted by Gasteiger charge is -2.43. The van der Waals surface area contributed by atoms with Crippen LogP contribution < -0.4 is 4.90 Å². The first-order chi connectivity index (χ1) is 11.5. The van der Waals surface area contributed by atoms with Crippen molar-refractivity contribution in [2.45, 2.75) is 18.4 Å². The van der Waals surface area contributed by atoms with Gasteiger partial charge in [0, 0.05) is 35.5 Å². The van der Waals surface area contributed by atoms with Crippen LogP contribution in [0.5, 0.6) is 0 Å². The molecule has 2 atom stereocenters. The Morgan fingerprint density at radius 2 is 1.96 bits per heavy atom. The zero-order chi connectivity index (χ0) is 17.3. The van der Waals surface area contributed by atoms with Gasteiger partial charge in [0.25, 0.3) is 5.85 Å². The Balaban J connectivity index is 2.28. The van der Waals surface area contributed by atoms with E-state index in [2.05, 4.69) is 4.99 Å². The van der Waals surface area contributed by atoms with Crippen LogP contribution in [0, 0.1) is 0 Å². The summed E-state index contributed by atoms with van der Waals surface area (Å²) in [5.74, 6) is -1.62. The number of halogens is 3. The first-order valence-corrected chi connectivity index (χ1v) is 8.42. The summed E-state index contributed by atoms with van der Waals surface area (Å²) in [5, 5.41) is 0.581. The third-order valence-electron chi connectivity index (χ3n) is 4.02. The lowest BCUT2D eigenvalue weighted by molar-refractivity contribution is -0.0612. The average Bonchev–Trinajstić information content (AvgIpc) is 2.58. The fourth-order valence-corrected chi connectivity index (χ4v) is 3.30. The molecule has 0 bridgehead atoms. The highest BCUT2D eigenvalue weighted by atomic mass is 35.5. The van der Waals surface area contributed by atoms with E-state index in [0.29, 0.717) is 10.7 Å². The molecule has 1 aliphatic rings. The van der Waals surface area contributed by atoms with Crippen molar-refractivity contribution in [3.05, 3.63) is 64.7 Å². The van der Waals surface area contributed by atoms with E-state index in [1.165, 1.54) is 0 Å². The number of fused-ring (bicyclic) bond motifs is 1. The monoisotopic (exact) mass is 366 g/mol. The molecule has 2 unspecified atom stereocenters. The summed E-state index contributed by atoms with van der Waals surface area (Å²) >= 11 is 12.0. The summed E-state index contributed by atoms with van der Waals surface area (Å²) in [6.45, 7) is 2.05. The van der Waals surface area contributed by atoms with Gasteiger partial charge in [0.05, 0.1) is 5.71 Å². The van der Waals surface area contributed by atoms with E-state index in [-0.39, 0.29) is 6.61 Å². The fraction of sp³-hybridized carbons (Fsp3) is 0.278. The zero-order valence-corrected chi connectivity index (χ0v) is 14.9. The summed E-state index contributed by atoms with van der Waals surface area (Å²) in [4.78, 5) is 6.21. The van der Waals surface area contributed by atoms with Gasteiger partial charge in [-0.1, -0.05) is 53.5 Å². The van der Waals surface area contributed by atoms with Gasteiger partial charge in [-0.05, 0) is 25.1 Å². The number of nitrogens with zero attached hydrogens (tertiary/aromatic N) is 2. The minimum absolute atomic E-state index is 0.270. The van der Waals surface area contributed by atoms with Gasteiger partial charge >= 0.3 is 0 Å². The molecular formula is C18H17Cl2FN2O. The first kappa shape index (κ1) is 17.2. The SMILES string of the molecule is CCOC1(C(F)Cl)N=C(c2ccccc2)c2cc(Cl)ccc2N1C. The van der Waals surface area contributed by atoms with E-state index >= 15 is 0 Å². The maximum atomic E-state index is 14.4. The molecule has 1 heterocycles. The minimum Gasteiger partial charge on any atom is -0.334 e. The highest BCUT2D eigenvalue weighted by Gasteiger charge is 2.47. The number of rotatable bonds is 4. The predicted molar refractivity (Wildman–Crippen MR) is 97.0 cm³/mol. The molecule has 0 aliphatic carbocycles. The molecule has 0 amide bonds. The van der Waals surface area contributed by atoms with Gasteiger partial charge in [-0.2, -0.15) is 0 Å². The minimum atomic E-state index is -1.84. The van der Waals surface area contributed by atoms with Crippen LogP contribution in [0.2, 0.25) is 5.02 Å². The van der Waals surface area contributed by atoms with Crippen molar-refractivity contribution in [3.8, 4) is 0 Å². The van der Waals surface area contributed by atoms with Gasteiger partial charge in [0.2, 0.25) is 5.63 Å². The average molecular weight is 367 g/mol. The lowest BCUT2D eigenvalue weighted by Crippen LogP contribution is -2.56. The van der Waals surface area contributed by atoms with Crippen molar-refractivity contribution in [1.82, 2.24) is 0 Å². The molecule has 0 saturated carbocycles. The number of alkyl halides is 2. The van der Waals surface area contributed by atoms with Crippen LogP contribution in [0.25, 0.3) is 0 Å². The van der Waals surface area contributed by atoms with Gasteiger partial charge in [0.1, 0.15) is 0 Å². The Morgan fingerprint density at radius 3 is 2.58 bits per heavy atom. The summed E-state index contributed by atoms with van der Waals surface area (Å²) in [6, 6.07) is 14.9. The van der Waals surface area contributed by atoms with Crippen molar-refractivity contribution < 1.29 is 9.13 Å². The quantitative estimate of drug-likeness (QED) is 0.722. The Bertz CT molecular complexity index is 767. The van der Waals surface area contributed by atoms with Crippen molar-refractivity contribution >= 4 is 34.6 Å². The third kappa shape index (κ3) is 2.79. The Hall–Kier alpha value is -1.62. The maximum absolute atomic E-state index is 14.4. The van der Waals surface area contributed by atoms with E-state index in [0.717, 1.165) is 16.8 Å². The van der Waals surface area contributed by atoms with Gasteiger partial charge in [-0.3, -0.25) is 0 Å². The van der Waals surface area contributed by atoms with E-state index in [1.807, 2.05) is 42.5 Å². The molecule has 126 valence electrons. The van der Waals surface area contributed by atoms with Crippen LogP contribution in [0.1, 0.15) is 18.1 Å². The second-order valence-corrected chi connectivity index (χ2v) is 6.26. The number of hydrogen-bond donors (Lipinski definition) is 0.